The third kappa shape index (κ3) is 4.96. The van der Waals surface area contributed by atoms with E-state index >= 15 is 0 Å². The van der Waals surface area contributed by atoms with Crippen molar-refractivity contribution >= 4 is 15.9 Å². The average Bonchev–Trinajstić information content (AvgIpc) is 2.39. The van der Waals surface area contributed by atoms with Gasteiger partial charge in [-0.05, 0) is 46.5 Å². The molecule has 0 spiro atoms. The van der Waals surface area contributed by atoms with Gasteiger partial charge in [-0.3, -0.25) is 5.43 Å². The van der Waals surface area contributed by atoms with Crippen LogP contribution in [0.4, 0.5) is 13.2 Å². The first-order chi connectivity index (χ1) is 9.44. The van der Waals surface area contributed by atoms with Gasteiger partial charge in [0.1, 0.15) is 5.75 Å². The highest BCUT2D eigenvalue weighted by atomic mass is 79.9. The Hall–Kier alpha value is -0.790. The molecule has 1 aromatic carbocycles. The maximum atomic E-state index is 12.2. The highest BCUT2D eigenvalue weighted by molar-refractivity contribution is 9.10. The van der Waals surface area contributed by atoms with Gasteiger partial charge in [0.05, 0.1) is 4.47 Å². The average molecular weight is 353 g/mol. The van der Waals surface area contributed by atoms with Crippen molar-refractivity contribution in [3.8, 4) is 5.75 Å². The van der Waals surface area contributed by atoms with E-state index in [4.69, 9.17) is 0 Å². The zero-order chi connectivity index (χ0) is 14.6. The normalized spacial score (nSPS) is 17.2. The molecule has 0 radical (unpaired) electrons. The molecule has 0 aromatic heterocycles. The Bertz CT molecular complexity index is 448. The van der Waals surface area contributed by atoms with Crippen LogP contribution < -0.4 is 10.2 Å². The third-order valence-electron chi connectivity index (χ3n) is 3.08. The van der Waals surface area contributed by atoms with Crippen molar-refractivity contribution < 1.29 is 17.9 Å². The van der Waals surface area contributed by atoms with Crippen LogP contribution in [0.1, 0.15) is 24.8 Å². The number of alkyl halides is 3. The Morgan fingerprint density at radius 2 is 1.90 bits per heavy atom. The number of hydrogen-bond acceptors (Lipinski definition) is 3. The van der Waals surface area contributed by atoms with Crippen LogP contribution in [0.5, 0.6) is 5.75 Å². The van der Waals surface area contributed by atoms with Gasteiger partial charge in [-0.2, -0.15) is 0 Å². The molecule has 1 aromatic rings. The summed E-state index contributed by atoms with van der Waals surface area (Å²) in [6.45, 7) is 2.61. The highest BCUT2D eigenvalue weighted by Gasteiger charge is 2.31. The Kier molecular flexibility index (Phi) is 5.29. The summed E-state index contributed by atoms with van der Waals surface area (Å²) in [7, 11) is 0. The number of nitrogens with one attached hydrogen (secondary N) is 1. The highest BCUT2D eigenvalue weighted by Crippen LogP contribution is 2.31. The molecule has 0 bridgehead atoms. The van der Waals surface area contributed by atoms with Crippen molar-refractivity contribution in [1.82, 2.24) is 10.4 Å². The van der Waals surface area contributed by atoms with Crippen LogP contribution in [-0.4, -0.2) is 24.5 Å². The lowest BCUT2D eigenvalue weighted by molar-refractivity contribution is -0.274. The lowest BCUT2D eigenvalue weighted by atomic mass is 10.2. The number of benzene rings is 1. The molecule has 1 fully saturated rings. The quantitative estimate of drug-likeness (QED) is 0.890. The smallest absolute Gasteiger partial charge is 0.405 e. The Morgan fingerprint density at radius 3 is 2.50 bits per heavy atom. The fourth-order valence-electron chi connectivity index (χ4n) is 2.12. The van der Waals surface area contributed by atoms with E-state index in [0.717, 1.165) is 18.7 Å². The first-order valence-corrected chi connectivity index (χ1v) is 7.26. The third-order valence-corrected chi connectivity index (χ3v) is 3.70. The summed E-state index contributed by atoms with van der Waals surface area (Å²) >= 11 is 3.10. The maximum Gasteiger partial charge on any atom is 0.573 e. The molecule has 1 aliphatic heterocycles. The number of hydrazine groups is 1. The SMILES string of the molecule is FC(F)(F)Oc1ccc(CNN2CCCCC2)cc1Br. The molecular weight excluding hydrogens is 337 g/mol. The number of hydrogen-bond donors (Lipinski definition) is 1. The van der Waals surface area contributed by atoms with E-state index in [1.54, 1.807) is 12.1 Å². The second kappa shape index (κ2) is 6.78. The number of nitrogens with zero attached hydrogens (tertiary/aromatic N) is 1. The van der Waals surface area contributed by atoms with E-state index in [9.17, 15) is 13.2 Å². The predicted molar refractivity (Wildman–Crippen MR) is 73.1 cm³/mol. The van der Waals surface area contributed by atoms with E-state index < -0.39 is 6.36 Å². The number of piperidine rings is 1. The van der Waals surface area contributed by atoms with Gasteiger partial charge in [-0.1, -0.05) is 12.5 Å². The van der Waals surface area contributed by atoms with Crippen LogP contribution in [0.15, 0.2) is 22.7 Å². The van der Waals surface area contributed by atoms with Crippen molar-refractivity contribution in [3.05, 3.63) is 28.2 Å². The van der Waals surface area contributed by atoms with Crippen LogP contribution in [0.25, 0.3) is 0 Å². The van der Waals surface area contributed by atoms with E-state index in [0.29, 0.717) is 11.0 Å². The molecule has 3 nitrogen and oxygen atoms in total. The lowest BCUT2D eigenvalue weighted by Crippen LogP contribution is -2.41. The van der Waals surface area contributed by atoms with Gasteiger partial charge in [-0.15, -0.1) is 13.2 Å². The van der Waals surface area contributed by atoms with E-state index in [-0.39, 0.29) is 5.75 Å². The Labute approximate surface area is 124 Å². The van der Waals surface area contributed by atoms with E-state index in [2.05, 4.69) is 31.1 Å². The summed E-state index contributed by atoms with van der Waals surface area (Å²) in [4.78, 5) is 0. The van der Waals surface area contributed by atoms with Crippen LogP contribution >= 0.6 is 15.9 Å². The van der Waals surface area contributed by atoms with Crippen molar-refractivity contribution in [2.45, 2.75) is 32.2 Å². The van der Waals surface area contributed by atoms with E-state index in [1.165, 1.54) is 25.3 Å². The molecule has 1 aliphatic rings. The minimum absolute atomic E-state index is 0.223. The maximum absolute atomic E-state index is 12.2. The molecule has 1 N–H and O–H groups in total. The summed E-state index contributed by atoms with van der Waals surface area (Å²) in [5.41, 5.74) is 4.18. The second-order valence-corrected chi connectivity index (χ2v) is 5.55. The Morgan fingerprint density at radius 1 is 1.20 bits per heavy atom. The van der Waals surface area contributed by atoms with Gasteiger partial charge >= 0.3 is 6.36 Å². The van der Waals surface area contributed by atoms with E-state index in [1.807, 2.05) is 0 Å². The van der Waals surface area contributed by atoms with Gasteiger partial charge in [-0.25, -0.2) is 5.01 Å². The molecule has 1 saturated heterocycles. The number of ether oxygens (including phenoxy) is 1. The molecule has 2 rings (SSSR count). The summed E-state index contributed by atoms with van der Waals surface area (Å²) < 4.78 is 40.7. The van der Waals surface area contributed by atoms with Crippen LogP contribution in [0.3, 0.4) is 0 Å². The fraction of sp³-hybridized carbons (Fsp3) is 0.538. The summed E-state index contributed by atoms with van der Waals surface area (Å²) in [6, 6.07) is 4.59. The predicted octanol–water partition coefficient (Wildman–Crippen LogP) is 3.84. The van der Waals surface area contributed by atoms with Gasteiger partial charge < -0.3 is 4.74 Å². The van der Waals surface area contributed by atoms with Crippen molar-refractivity contribution in [1.29, 1.82) is 0 Å². The summed E-state index contributed by atoms with van der Waals surface area (Å²) in [5.74, 6) is -0.223. The van der Waals surface area contributed by atoms with Gasteiger partial charge in [0, 0.05) is 19.6 Å². The largest absolute Gasteiger partial charge is 0.573 e. The van der Waals surface area contributed by atoms with Crippen LogP contribution in [0, 0.1) is 0 Å². The minimum Gasteiger partial charge on any atom is -0.405 e. The monoisotopic (exact) mass is 352 g/mol. The number of halogens is 4. The summed E-state index contributed by atoms with van der Waals surface area (Å²) in [5, 5.41) is 2.15. The van der Waals surface area contributed by atoms with Crippen LogP contribution in [-0.2, 0) is 6.54 Å². The molecule has 20 heavy (non-hydrogen) atoms. The van der Waals surface area contributed by atoms with Crippen LogP contribution in [0.2, 0.25) is 0 Å². The standard InChI is InChI=1S/C13H16BrF3N2O/c14-11-8-10(4-5-12(11)20-13(15,16)17)9-18-19-6-2-1-3-7-19/h4-5,8,18H,1-3,6-7,9H2. The molecule has 1 heterocycles. The zero-order valence-electron chi connectivity index (χ0n) is 10.8. The van der Waals surface area contributed by atoms with Gasteiger partial charge in [0.25, 0.3) is 0 Å². The molecule has 0 atom stereocenters. The Balaban J connectivity index is 1.91. The van der Waals surface area contributed by atoms with Gasteiger partial charge in [0.15, 0.2) is 0 Å². The second-order valence-electron chi connectivity index (χ2n) is 4.70. The zero-order valence-corrected chi connectivity index (χ0v) is 12.4. The number of rotatable bonds is 4. The lowest BCUT2D eigenvalue weighted by Gasteiger charge is -2.27. The first kappa shape index (κ1) is 15.6. The minimum atomic E-state index is -4.67. The molecule has 7 heteroatoms. The van der Waals surface area contributed by atoms with Crippen molar-refractivity contribution in [3.63, 3.8) is 0 Å². The van der Waals surface area contributed by atoms with Gasteiger partial charge in [0.2, 0.25) is 0 Å². The van der Waals surface area contributed by atoms with Crippen molar-refractivity contribution in [2.24, 2.45) is 0 Å². The molecular formula is C13H16BrF3N2O. The summed E-state index contributed by atoms with van der Waals surface area (Å²) in [6.07, 6.45) is -1.06. The fourth-order valence-corrected chi connectivity index (χ4v) is 2.62. The van der Waals surface area contributed by atoms with Crippen molar-refractivity contribution in [2.75, 3.05) is 13.1 Å². The molecule has 0 amide bonds. The topological polar surface area (TPSA) is 24.5 Å². The molecule has 112 valence electrons. The molecule has 0 unspecified atom stereocenters. The molecule has 0 aliphatic carbocycles. The molecule has 0 saturated carbocycles. The first-order valence-electron chi connectivity index (χ1n) is 6.47.